The minimum atomic E-state index is -1.01. The molecular formula is C10H10N2O3S. The first-order chi connectivity index (χ1) is 7.65. The van der Waals surface area contributed by atoms with E-state index in [0.29, 0.717) is 11.6 Å². The molecule has 2 aliphatic rings. The van der Waals surface area contributed by atoms with E-state index in [2.05, 4.69) is 10.3 Å². The van der Waals surface area contributed by atoms with Gasteiger partial charge in [0.1, 0.15) is 5.69 Å². The zero-order valence-corrected chi connectivity index (χ0v) is 9.13. The number of carbonyl (C=O) groups excluding carboxylic acids is 1. The minimum Gasteiger partial charge on any atom is -0.477 e. The van der Waals surface area contributed by atoms with E-state index in [1.807, 2.05) is 0 Å². The summed E-state index contributed by atoms with van der Waals surface area (Å²) in [6.07, 6.45) is 2.18. The van der Waals surface area contributed by atoms with Crippen molar-refractivity contribution in [3.63, 3.8) is 0 Å². The highest BCUT2D eigenvalue weighted by atomic mass is 32.2. The molecule has 3 N–H and O–H groups in total. The third-order valence-electron chi connectivity index (χ3n) is 2.82. The monoisotopic (exact) mass is 238 g/mol. The molecule has 1 aliphatic carbocycles. The third kappa shape index (κ3) is 1.49. The zero-order valence-electron chi connectivity index (χ0n) is 8.32. The number of aromatic amines is 1. The minimum absolute atomic E-state index is 0.00376. The van der Waals surface area contributed by atoms with Crippen molar-refractivity contribution in [3.8, 4) is 0 Å². The van der Waals surface area contributed by atoms with Crippen LogP contribution in [0.4, 0.5) is 5.69 Å². The lowest BCUT2D eigenvalue weighted by molar-refractivity contribution is -0.116. The Balaban J connectivity index is 1.92. The predicted octanol–water partition coefficient (Wildman–Crippen LogP) is 1.54. The fraction of sp³-hybridized carbons (Fsp3) is 0.400. The number of hydrogen-bond acceptors (Lipinski definition) is 3. The molecule has 0 saturated heterocycles. The first-order valence-electron chi connectivity index (χ1n) is 5.09. The van der Waals surface area contributed by atoms with Crippen LogP contribution in [0, 0.1) is 5.92 Å². The average Bonchev–Trinajstić information content (AvgIpc) is 2.97. The number of aromatic carboxylic acids is 1. The van der Waals surface area contributed by atoms with Crippen LogP contribution in [0.1, 0.15) is 23.3 Å². The molecule has 0 aromatic carbocycles. The van der Waals surface area contributed by atoms with Gasteiger partial charge in [0.15, 0.2) is 0 Å². The number of nitrogens with one attached hydrogen (secondary N) is 2. The van der Waals surface area contributed by atoms with Crippen molar-refractivity contribution in [1.29, 1.82) is 0 Å². The van der Waals surface area contributed by atoms with Gasteiger partial charge in [-0.2, -0.15) is 0 Å². The first-order valence-corrected chi connectivity index (χ1v) is 5.97. The second-order valence-corrected chi connectivity index (χ2v) is 5.25. The Hall–Kier alpha value is -1.43. The van der Waals surface area contributed by atoms with Gasteiger partial charge in [-0.25, -0.2) is 4.79 Å². The van der Waals surface area contributed by atoms with Crippen LogP contribution < -0.4 is 5.32 Å². The lowest BCUT2D eigenvalue weighted by Gasteiger charge is -2.20. The highest BCUT2D eigenvalue weighted by molar-refractivity contribution is 8.00. The van der Waals surface area contributed by atoms with Crippen LogP contribution in [0.25, 0.3) is 0 Å². The molecule has 0 spiro atoms. The zero-order chi connectivity index (χ0) is 11.3. The molecule has 5 nitrogen and oxygen atoms in total. The highest BCUT2D eigenvalue weighted by Gasteiger charge is 2.40. The van der Waals surface area contributed by atoms with Gasteiger partial charge in [-0.1, -0.05) is 11.8 Å². The smallest absolute Gasteiger partial charge is 0.352 e. The molecule has 1 aliphatic heterocycles. The summed E-state index contributed by atoms with van der Waals surface area (Å²) in [5.74, 6) is -0.558. The highest BCUT2D eigenvalue weighted by Crippen LogP contribution is 2.46. The second-order valence-electron chi connectivity index (χ2n) is 4.10. The molecule has 1 aromatic rings. The molecule has 16 heavy (non-hydrogen) atoms. The van der Waals surface area contributed by atoms with Gasteiger partial charge < -0.3 is 15.4 Å². The van der Waals surface area contributed by atoms with Crippen LogP contribution in [-0.4, -0.2) is 27.2 Å². The van der Waals surface area contributed by atoms with E-state index in [1.165, 1.54) is 17.8 Å². The summed E-state index contributed by atoms with van der Waals surface area (Å²) in [7, 11) is 0. The van der Waals surface area contributed by atoms with Gasteiger partial charge in [0.25, 0.3) is 0 Å². The SMILES string of the molecule is O=C(O)c1cc2c([nH]1)SC(C1CC1)C(=O)N2. The van der Waals surface area contributed by atoms with Gasteiger partial charge in [0.05, 0.1) is 16.0 Å². The van der Waals surface area contributed by atoms with Gasteiger partial charge in [-0.15, -0.1) is 0 Å². The van der Waals surface area contributed by atoms with E-state index in [4.69, 9.17) is 5.11 Å². The molecule has 1 atom stereocenters. The van der Waals surface area contributed by atoms with Gasteiger partial charge in [-0.3, -0.25) is 4.79 Å². The molecule has 0 radical (unpaired) electrons. The van der Waals surface area contributed by atoms with E-state index in [1.54, 1.807) is 0 Å². The lowest BCUT2D eigenvalue weighted by atomic mass is 10.2. The number of aromatic nitrogens is 1. The topological polar surface area (TPSA) is 82.2 Å². The Labute approximate surface area is 95.6 Å². The summed E-state index contributed by atoms with van der Waals surface area (Å²) < 4.78 is 0. The number of carboxylic acid groups (broad SMARTS) is 1. The Morgan fingerprint density at radius 1 is 1.50 bits per heavy atom. The Bertz CT molecular complexity index is 478. The lowest BCUT2D eigenvalue weighted by Crippen LogP contribution is -2.30. The summed E-state index contributed by atoms with van der Waals surface area (Å²) in [5, 5.41) is 12.3. The number of H-pyrrole nitrogens is 1. The van der Waals surface area contributed by atoms with Gasteiger partial charge in [0, 0.05) is 0 Å². The van der Waals surface area contributed by atoms with E-state index < -0.39 is 5.97 Å². The standard InChI is InChI=1S/C10H10N2O3S/c13-8-7(4-1-2-4)16-9-5(11-8)3-6(12-9)10(14)15/h3-4,7,12H,1-2H2,(H,11,13)(H,14,15). The van der Waals surface area contributed by atoms with Crippen molar-refractivity contribution in [2.45, 2.75) is 23.1 Å². The molecule has 1 saturated carbocycles. The fourth-order valence-corrected chi connectivity index (χ4v) is 3.12. The summed E-state index contributed by atoms with van der Waals surface area (Å²) in [5.41, 5.74) is 0.707. The van der Waals surface area contributed by atoms with Crippen LogP contribution in [0.15, 0.2) is 11.1 Å². The number of fused-ring (bicyclic) bond motifs is 1. The maximum atomic E-state index is 11.7. The molecule has 0 bridgehead atoms. The van der Waals surface area contributed by atoms with Crippen molar-refractivity contribution in [1.82, 2.24) is 4.98 Å². The Morgan fingerprint density at radius 2 is 2.25 bits per heavy atom. The molecule has 2 heterocycles. The fourth-order valence-electron chi connectivity index (χ4n) is 1.83. The van der Waals surface area contributed by atoms with Crippen molar-refractivity contribution < 1.29 is 14.7 Å². The summed E-state index contributed by atoms with van der Waals surface area (Å²) in [4.78, 5) is 25.3. The number of carbonyl (C=O) groups is 2. The van der Waals surface area contributed by atoms with E-state index >= 15 is 0 Å². The Morgan fingerprint density at radius 3 is 2.88 bits per heavy atom. The predicted molar refractivity (Wildman–Crippen MR) is 58.8 cm³/mol. The van der Waals surface area contributed by atoms with Crippen molar-refractivity contribution in [2.75, 3.05) is 5.32 Å². The van der Waals surface area contributed by atoms with E-state index in [-0.39, 0.29) is 16.9 Å². The Kier molecular flexibility index (Phi) is 2.00. The van der Waals surface area contributed by atoms with Crippen molar-refractivity contribution >= 4 is 29.3 Å². The normalized spacial score (nSPS) is 23.8. The maximum absolute atomic E-state index is 11.7. The number of hydrogen-bond donors (Lipinski definition) is 3. The molecule has 3 rings (SSSR count). The van der Waals surface area contributed by atoms with Crippen molar-refractivity contribution in [2.24, 2.45) is 5.92 Å². The third-order valence-corrected chi connectivity index (χ3v) is 4.23. The molecule has 84 valence electrons. The molecule has 1 unspecified atom stereocenters. The number of carboxylic acids is 1. The summed E-state index contributed by atoms with van der Waals surface area (Å²) >= 11 is 1.44. The molecule has 1 fully saturated rings. The van der Waals surface area contributed by atoms with Gasteiger partial charge in [-0.05, 0) is 24.8 Å². The van der Waals surface area contributed by atoms with Gasteiger partial charge >= 0.3 is 5.97 Å². The maximum Gasteiger partial charge on any atom is 0.352 e. The van der Waals surface area contributed by atoms with Crippen LogP contribution in [-0.2, 0) is 4.79 Å². The summed E-state index contributed by atoms with van der Waals surface area (Å²) in [6, 6.07) is 1.46. The van der Waals surface area contributed by atoms with E-state index in [9.17, 15) is 9.59 Å². The first kappa shape index (κ1) is 9.77. The molecule has 6 heteroatoms. The molecular weight excluding hydrogens is 228 g/mol. The number of rotatable bonds is 2. The van der Waals surface area contributed by atoms with Crippen LogP contribution in [0.3, 0.4) is 0 Å². The second kappa shape index (κ2) is 3.28. The number of anilines is 1. The molecule has 1 amide bonds. The van der Waals surface area contributed by atoms with Crippen LogP contribution >= 0.6 is 11.8 Å². The van der Waals surface area contributed by atoms with Gasteiger partial charge in [0.2, 0.25) is 5.91 Å². The largest absolute Gasteiger partial charge is 0.477 e. The number of thioether (sulfide) groups is 1. The summed E-state index contributed by atoms with van der Waals surface area (Å²) in [6.45, 7) is 0. The number of amides is 1. The van der Waals surface area contributed by atoms with Crippen molar-refractivity contribution in [3.05, 3.63) is 11.8 Å². The van der Waals surface area contributed by atoms with E-state index in [0.717, 1.165) is 17.9 Å². The van der Waals surface area contributed by atoms with Crippen LogP contribution in [0.5, 0.6) is 0 Å². The quantitative estimate of drug-likeness (QED) is 0.729. The molecule has 1 aromatic heterocycles. The average molecular weight is 238 g/mol. The van der Waals surface area contributed by atoms with Crippen LogP contribution in [0.2, 0.25) is 0 Å².